The molecular formula is C100H97N19O2S10. The highest BCUT2D eigenvalue weighted by Crippen LogP contribution is 2.34. The van der Waals surface area contributed by atoms with Crippen LogP contribution in [0.15, 0.2) is 343 Å². The summed E-state index contributed by atoms with van der Waals surface area (Å²) in [7, 11) is 0. The molecule has 664 valence electrons. The minimum Gasteiger partial charge on any atom is -0.478 e. The van der Waals surface area contributed by atoms with E-state index in [9.17, 15) is 9.90 Å². The lowest BCUT2D eigenvalue weighted by Crippen LogP contribution is -2.03. The minimum atomic E-state index is -0.977. The predicted octanol–water partition coefficient (Wildman–Crippen LogP) is 26.6. The number of aromatic carboxylic acids is 1. The van der Waals surface area contributed by atoms with Gasteiger partial charge in [-0.15, -0.1) is 0 Å². The fourth-order valence-electron chi connectivity index (χ4n) is 12.3. The van der Waals surface area contributed by atoms with Crippen molar-refractivity contribution in [3.05, 3.63) is 352 Å². The van der Waals surface area contributed by atoms with E-state index in [0.717, 1.165) is 114 Å². The third kappa shape index (κ3) is 32.0. The number of nitrogens with zero attached hydrogens (tertiary/aromatic N) is 15. The molecule has 11 aromatic carbocycles. The molecule has 0 aliphatic rings. The van der Waals surface area contributed by atoms with Gasteiger partial charge in [0, 0.05) is 62.8 Å². The Hall–Kier alpha value is -11.4. The largest absolute Gasteiger partial charge is 0.478 e. The van der Waals surface area contributed by atoms with E-state index in [0.29, 0.717) is 66.8 Å². The van der Waals surface area contributed by atoms with E-state index in [1.807, 2.05) is 146 Å². The van der Waals surface area contributed by atoms with Crippen LogP contribution >= 0.6 is 118 Å². The third-order valence-electron chi connectivity index (χ3n) is 19.3. The summed E-state index contributed by atoms with van der Waals surface area (Å²) in [6.45, 7) is 8.66. The quantitative estimate of drug-likeness (QED) is 0.0226. The Bertz CT molecular complexity index is 6270. The molecule has 5 heterocycles. The van der Waals surface area contributed by atoms with Crippen molar-refractivity contribution in [1.82, 2.24) is 74.8 Å². The molecule has 0 saturated carbocycles. The number of nitrogens with one attached hydrogen (secondary N) is 4. The fourth-order valence-corrected chi connectivity index (χ4v) is 18.7. The number of aromatic nitrogens is 15. The molecule has 0 atom stereocenters. The Labute approximate surface area is 808 Å². The zero-order chi connectivity index (χ0) is 91.1. The molecule has 21 nitrogen and oxygen atoms in total. The topological polar surface area (TPSA) is 279 Å². The number of carbonyl (C=O) groups is 1. The summed E-state index contributed by atoms with van der Waals surface area (Å²) in [5.74, 6) is 6.39. The molecule has 31 heteroatoms. The van der Waals surface area contributed by atoms with Crippen molar-refractivity contribution in [2.75, 3.05) is 46.3 Å². The number of rotatable bonds is 37. The molecular weight excluding hydrogens is 1820 g/mol. The summed E-state index contributed by atoms with van der Waals surface area (Å²) in [5.41, 5.74) is 19.9. The average molecular weight is 1920 g/mol. The van der Waals surface area contributed by atoms with Crippen molar-refractivity contribution in [2.24, 2.45) is 0 Å². The molecule has 131 heavy (non-hydrogen) atoms. The van der Waals surface area contributed by atoms with E-state index in [1.54, 1.807) is 94.8 Å². The number of thioether (sulfide) groups is 10. The van der Waals surface area contributed by atoms with E-state index < -0.39 is 5.97 Å². The fraction of sp³-hybridized carbons (Fsp3) is 0.180. The van der Waals surface area contributed by atoms with Gasteiger partial charge in [0.1, 0.15) is 0 Å². The van der Waals surface area contributed by atoms with Crippen molar-refractivity contribution in [2.45, 2.75) is 139 Å². The lowest BCUT2D eigenvalue weighted by Gasteiger charge is -2.10. The molecule has 0 saturated heterocycles. The van der Waals surface area contributed by atoms with Crippen LogP contribution in [-0.2, 0) is 60.2 Å². The molecule has 0 bridgehead atoms. The first kappa shape index (κ1) is 97.2. The van der Waals surface area contributed by atoms with Gasteiger partial charge in [0.25, 0.3) is 0 Å². The molecule has 5 aromatic heterocycles. The zero-order valence-corrected chi connectivity index (χ0v) is 81.6. The van der Waals surface area contributed by atoms with Crippen molar-refractivity contribution in [3.8, 4) is 22.5 Å². The number of carboxylic acids is 1. The molecule has 5 N–H and O–H groups in total. The number of anilines is 8. The van der Waals surface area contributed by atoms with E-state index in [-0.39, 0.29) is 5.56 Å². The van der Waals surface area contributed by atoms with Crippen LogP contribution in [0.4, 0.5) is 46.5 Å². The van der Waals surface area contributed by atoms with Crippen LogP contribution in [0.3, 0.4) is 0 Å². The highest BCUT2D eigenvalue weighted by atomic mass is 32.2. The normalized spacial score (nSPS) is 10.8. The maximum Gasteiger partial charge on any atom is 0.335 e. The van der Waals surface area contributed by atoms with Gasteiger partial charge in [-0.05, 0) is 178 Å². The number of para-hydroxylation sites is 3. The number of hydrogen-bond acceptors (Lipinski definition) is 30. The lowest BCUT2D eigenvalue weighted by molar-refractivity contribution is 0.0696. The molecule has 0 fully saturated rings. The smallest absolute Gasteiger partial charge is 0.335 e. The summed E-state index contributed by atoms with van der Waals surface area (Å²) < 4.78 is 0. The van der Waals surface area contributed by atoms with Crippen molar-refractivity contribution in [1.29, 1.82) is 0 Å². The average Bonchev–Trinajstić information content (AvgIpc) is 0.812. The maximum atomic E-state index is 11.3. The van der Waals surface area contributed by atoms with E-state index in [1.165, 1.54) is 103 Å². The Morgan fingerprint density at radius 2 is 0.481 bits per heavy atom. The van der Waals surface area contributed by atoms with Crippen LogP contribution < -0.4 is 21.3 Å². The number of aryl methyl sites for hydroxylation is 4. The first-order valence-corrected chi connectivity index (χ1v) is 52.9. The van der Waals surface area contributed by atoms with Gasteiger partial charge >= 0.3 is 5.97 Å². The Morgan fingerprint density at radius 1 is 0.237 bits per heavy atom. The van der Waals surface area contributed by atoms with Gasteiger partial charge in [0.2, 0.25) is 23.8 Å². The highest BCUT2D eigenvalue weighted by molar-refractivity contribution is 8.00. The second-order valence-corrected chi connectivity index (χ2v) is 37.3. The van der Waals surface area contributed by atoms with Gasteiger partial charge in [0.15, 0.2) is 57.4 Å². The zero-order valence-electron chi connectivity index (χ0n) is 73.4. The first-order chi connectivity index (χ1) is 64.2. The minimum absolute atomic E-state index is 0.210. The van der Waals surface area contributed by atoms with E-state index >= 15 is 0 Å². The maximum absolute atomic E-state index is 11.3. The summed E-state index contributed by atoms with van der Waals surface area (Å²) >= 11 is 15.6. The Balaban J connectivity index is 0.000000157. The Morgan fingerprint density at radius 3 is 0.802 bits per heavy atom. The molecule has 0 amide bonds. The van der Waals surface area contributed by atoms with E-state index in [2.05, 4.69) is 259 Å². The first-order valence-electron chi connectivity index (χ1n) is 42.0. The van der Waals surface area contributed by atoms with Gasteiger partial charge in [0.05, 0.1) is 5.56 Å². The summed E-state index contributed by atoms with van der Waals surface area (Å²) in [6.07, 6.45) is 12.1. The van der Waals surface area contributed by atoms with Crippen LogP contribution in [-0.4, -0.2) is 111 Å². The monoisotopic (exact) mass is 1920 g/mol. The van der Waals surface area contributed by atoms with Gasteiger partial charge in [-0.1, -0.05) is 376 Å². The number of carboxylic acid groups (broad SMARTS) is 1. The van der Waals surface area contributed by atoms with Gasteiger partial charge in [-0.25, -0.2) is 14.8 Å². The standard InChI is InChI=1S/C37H34N8O2S4.C25H24N4S2.C19H20N4S2.C19H19N3S2/c1-3-24-9-7-10-25(19-24)21-50-36-42-33(39-30-17-15-28(16-18-30)31(46)47)43-37(45-36)51-23-27-12-8-11-26(20-27)22-49-35-41-32(40-34(44-35)48-2)38-29-13-5-4-6-14-29;1-3-18-9-13-20(14-10-18)21-15-11-19(12-16-21)17-31-25-28-23(27-24(29-25)30-2)26-22-7-5-4-6-8-22;1-3-14-9-11-15(12-10-14)13-25-19-22-17(21-18(23-19)24-2)20-16-7-5-4-6-8-16;1-3-14-9-11-15(12-10-14)13-24-19-21-17(20-18(22-19)23-2)16-7-5-4-6-8-16/h4-20H,3,21-23H2,1-2H3,(H,46,47)(H,38,40,41,44)(H,39,42,43,45);4-16H,3,17H2,1-2H3,(H,26,27,28,29);4-12H,3,13H2,1-2H3,(H,20,21,22,23);4-12H,3,13H2,1-2H3. The molecule has 0 aliphatic carbocycles. The molecule has 0 radical (unpaired) electrons. The third-order valence-corrected chi connectivity index (χ3v) is 27.0. The second kappa shape index (κ2) is 52.0. The van der Waals surface area contributed by atoms with Crippen molar-refractivity contribution < 1.29 is 9.90 Å². The van der Waals surface area contributed by atoms with Crippen LogP contribution in [0, 0.1) is 0 Å². The van der Waals surface area contributed by atoms with Crippen LogP contribution in [0.25, 0.3) is 22.5 Å². The molecule has 16 aromatic rings. The van der Waals surface area contributed by atoms with Crippen LogP contribution in [0.5, 0.6) is 0 Å². The predicted molar refractivity (Wildman–Crippen MR) is 550 cm³/mol. The van der Waals surface area contributed by atoms with Crippen LogP contribution in [0.1, 0.15) is 93.7 Å². The summed E-state index contributed by atoms with van der Waals surface area (Å²) in [4.78, 5) is 80.1. The van der Waals surface area contributed by atoms with E-state index in [4.69, 9.17) is 9.97 Å². The SMILES string of the molecule is CCc1ccc(-c2ccc(CSc3nc(Nc4ccccc4)nc(SC)n3)cc2)cc1.CCc1ccc(CSc2nc(Nc3ccccc3)nc(SC)n2)cc1.CCc1ccc(CSc2nc(SC)nc(-c3ccccc3)n2)cc1.CCc1cccc(CSc2nc(Nc3ccc(C(=O)O)cc3)nc(SCc3cccc(CSc4nc(Nc5ccccc5)nc(SC)n4)c3)n2)c1. The summed E-state index contributed by atoms with van der Waals surface area (Å²) in [6, 6.07) is 98.2. The van der Waals surface area contributed by atoms with Gasteiger partial charge < -0.3 is 26.4 Å². The molecule has 0 aliphatic heterocycles. The Kier molecular flexibility index (Phi) is 38.6. The van der Waals surface area contributed by atoms with Crippen molar-refractivity contribution >= 4 is 170 Å². The molecule has 0 unspecified atom stereocenters. The number of benzene rings is 11. The van der Waals surface area contributed by atoms with Gasteiger partial charge in [-0.2, -0.15) is 64.8 Å². The highest BCUT2D eigenvalue weighted by Gasteiger charge is 2.17. The molecule has 16 rings (SSSR count). The molecule has 0 spiro atoms. The number of hydrogen-bond donors (Lipinski definition) is 5. The van der Waals surface area contributed by atoms with Crippen molar-refractivity contribution in [3.63, 3.8) is 0 Å². The van der Waals surface area contributed by atoms with Gasteiger partial charge in [-0.3, -0.25) is 0 Å². The second-order valence-electron chi connectivity index (χ2n) is 28.6. The van der Waals surface area contributed by atoms with Crippen LogP contribution in [0.2, 0.25) is 0 Å². The summed E-state index contributed by atoms with van der Waals surface area (Å²) in [5, 5.41) is 29.2. The lowest BCUT2D eigenvalue weighted by atomic mass is 10.0.